The Hall–Kier alpha value is -3.52. The van der Waals surface area contributed by atoms with E-state index >= 15 is 0 Å². The lowest BCUT2D eigenvalue weighted by molar-refractivity contribution is 0.272. The number of nitrogens with zero attached hydrogens (tertiary/aromatic N) is 6. The summed E-state index contributed by atoms with van der Waals surface area (Å²) < 4.78 is 2.97. The predicted molar refractivity (Wildman–Crippen MR) is 125 cm³/mol. The van der Waals surface area contributed by atoms with Gasteiger partial charge in [-0.3, -0.25) is 4.98 Å². The summed E-state index contributed by atoms with van der Waals surface area (Å²) in [7, 11) is 2.09. The molecule has 1 fully saturated rings. The first kappa shape index (κ1) is 20.4. The van der Waals surface area contributed by atoms with Crippen LogP contribution < -0.4 is 11.4 Å². The van der Waals surface area contributed by atoms with Crippen molar-refractivity contribution in [2.24, 2.45) is 0 Å². The van der Waals surface area contributed by atoms with E-state index in [0.29, 0.717) is 17.9 Å². The number of hydrogen-bond donors (Lipinski definition) is 1. The molecule has 3 aromatic heterocycles. The van der Waals surface area contributed by atoms with Crippen LogP contribution in [0.2, 0.25) is 0 Å². The average Bonchev–Trinajstić information content (AvgIpc) is 3.31. The first-order valence-electron chi connectivity index (χ1n) is 10.9. The van der Waals surface area contributed by atoms with Crippen LogP contribution in [0, 0.1) is 13.8 Å². The Morgan fingerprint density at radius 2 is 1.78 bits per heavy atom. The second-order valence-corrected chi connectivity index (χ2v) is 8.60. The third-order valence-corrected chi connectivity index (χ3v) is 6.23. The van der Waals surface area contributed by atoms with Gasteiger partial charge in [0.2, 0.25) is 5.95 Å². The number of nitrogen functional groups attached to an aromatic ring is 1. The smallest absolute Gasteiger partial charge is 0.353 e. The summed E-state index contributed by atoms with van der Waals surface area (Å²) in [5.41, 5.74) is 11.7. The zero-order valence-corrected chi connectivity index (χ0v) is 18.6. The van der Waals surface area contributed by atoms with Gasteiger partial charge < -0.3 is 10.6 Å². The average molecular weight is 430 g/mol. The Balaban J connectivity index is 1.80. The minimum Gasteiger partial charge on any atom is -0.369 e. The zero-order chi connectivity index (χ0) is 22.4. The van der Waals surface area contributed by atoms with E-state index in [1.54, 1.807) is 4.68 Å². The molecule has 0 unspecified atom stereocenters. The van der Waals surface area contributed by atoms with E-state index in [4.69, 9.17) is 10.8 Å². The Labute approximate surface area is 186 Å². The van der Waals surface area contributed by atoms with Gasteiger partial charge in [-0.25, -0.2) is 18.9 Å². The lowest BCUT2D eigenvalue weighted by Crippen LogP contribution is -2.34. The van der Waals surface area contributed by atoms with Gasteiger partial charge in [-0.15, -0.1) is 5.10 Å². The van der Waals surface area contributed by atoms with Gasteiger partial charge in [0.25, 0.3) is 0 Å². The largest absolute Gasteiger partial charge is 0.369 e. The molecule has 5 rings (SSSR count). The molecule has 0 amide bonds. The monoisotopic (exact) mass is 429 g/mol. The SMILES string of the molecule is Cc1cc(-c2c(-c3ccccc3)nc(N)n3c(=O)n(C[C@@H]4CCCN4C)nc23)cc(C)n1. The summed E-state index contributed by atoms with van der Waals surface area (Å²) in [6.45, 7) is 5.49. The summed E-state index contributed by atoms with van der Waals surface area (Å²) >= 11 is 0. The van der Waals surface area contributed by atoms with Crippen molar-refractivity contribution < 1.29 is 0 Å². The zero-order valence-electron chi connectivity index (χ0n) is 18.6. The van der Waals surface area contributed by atoms with Crippen LogP contribution in [0.1, 0.15) is 24.2 Å². The lowest BCUT2D eigenvalue weighted by atomic mass is 9.99. The predicted octanol–water partition coefficient (Wildman–Crippen LogP) is 2.91. The molecule has 32 heavy (non-hydrogen) atoms. The summed E-state index contributed by atoms with van der Waals surface area (Å²) in [6.07, 6.45) is 2.18. The maximum atomic E-state index is 13.3. The Kier molecular flexibility index (Phi) is 5.01. The molecule has 1 aliphatic heterocycles. The lowest BCUT2D eigenvalue weighted by Gasteiger charge is -2.18. The van der Waals surface area contributed by atoms with Crippen molar-refractivity contribution in [2.75, 3.05) is 19.3 Å². The maximum Gasteiger partial charge on any atom is 0.353 e. The molecule has 1 aliphatic rings. The first-order valence-corrected chi connectivity index (χ1v) is 10.9. The number of nitrogens with two attached hydrogens (primary N) is 1. The molecule has 0 aliphatic carbocycles. The molecule has 0 radical (unpaired) electrons. The number of aryl methyl sites for hydroxylation is 2. The first-order chi connectivity index (χ1) is 15.4. The fourth-order valence-corrected chi connectivity index (χ4v) is 4.68. The normalized spacial score (nSPS) is 16.8. The fourth-order valence-electron chi connectivity index (χ4n) is 4.68. The van der Waals surface area contributed by atoms with Crippen LogP contribution >= 0.6 is 0 Å². The van der Waals surface area contributed by atoms with Crippen LogP contribution in [0.5, 0.6) is 0 Å². The molecule has 8 nitrogen and oxygen atoms in total. The van der Waals surface area contributed by atoms with Crippen molar-refractivity contribution in [3.63, 3.8) is 0 Å². The number of aromatic nitrogens is 5. The quantitative estimate of drug-likeness (QED) is 0.536. The number of benzene rings is 1. The van der Waals surface area contributed by atoms with Crippen molar-refractivity contribution in [2.45, 2.75) is 39.3 Å². The molecule has 2 N–H and O–H groups in total. The number of hydrogen-bond acceptors (Lipinski definition) is 6. The van der Waals surface area contributed by atoms with Crippen LogP contribution in [-0.2, 0) is 6.54 Å². The molecule has 4 heterocycles. The second kappa shape index (κ2) is 7.87. The Morgan fingerprint density at radius 3 is 2.44 bits per heavy atom. The van der Waals surface area contributed by atoms with Gasteiger partial charge in [0.15, 0.2) is 5.65 Å². The molecule has 4 aromatic rings. The van der Waals surface area contributed by atoms with Crippen LogP contribution in [0.15, 0.2) is 47.3 Å². The standard InChI is InChI=1S/C24H27N7O/c1-15-12-18(13-16(2)26-15)20-21(17-8-5-4-6-9-17)27-23(25)31-22(20)28-30(24(31)32)14-19-10-7-11-29(19)3/h4-6,8-9,12-13,19H,7,10-11,14H2,1-3H3,(H2,25,27)/t19-/m0/s1. The number of likely N-dealkylation sites (tertiary alicyclic amines) is 1. The molecule has 1 atom stereocenters. The van der Waals surface area contributed by atoms with Gasteiger partial charge in [0, 0.05) is 23.0 Å². The van der Waals surface area contributed by atoms with Crippen molar-refractivity contribution >= 4 is 11.6 Å². The van der Waals surface area contributed by atoms with Gasteiger partial charge in [-0.05, 0) is 58.0 Å². The number of anilines is 1. The summed E-state index contributed by atoms with van der Waals surface area (Å²) in [5.74, 6) is 0.140. The van der Waals surface area contributed by atoms with Crippen molar-refractivity contribution in [1.29, 1.82) is 0 Å². The summed E-state index contributed by atoms with van der Waals surface area (Å²) in [5, 5.41) is 4.79. The topological polar surface area (TPSA) is 94.3 Å². The highest BCUT2D eigenvalue weighted by atomic mass is 16.2. The Morgan fingerprint density at radius 1 is 1.06 bits per heavy atom. The van der Waals surface area contributed by atoms with Crippen LogP contribution in [0.4, 0.5) is 5.95 Å². The number of likely N-dealkylation sites (N-methyl/N-ethyl adjacent to an activating group) is 1. The molecule has 164 valence electrons. The molecule has 0 bridgehead atoms. The molecule has 0 spiro atoms. The van der Waals surface area contributed by atoms with Gasteiger partial charge in [0.05, 0.1) is 17.8 Å². The van der Waals surface area contributed by atoms with Crippen LogP contribution in [0.25, 0.3) is 28.0 Å². The third kappa shape index (κ3) is 3.46. The molecule has 0 saturated carbocycles. The minimum absolute atomic E-state index is 0.140. The molecular weight excluding hydrogens is 402 g/mol. The van der Waals surface area contributed by atoms with E-state index in [1.807, 2.05) is 56.3 Å². The Bertz CT molecular complexity index is 1340. The van der Waals surface area contributed by atoms with Gasteiger partial charge in [-0.2, -0.15) is 0 Å². The minimum atomic E-state index is -0.256. The molecular formula is C24H27N7O. The van der Waals surface area contributed by atoms with Crippen LogP contribution in [-0.4, -0.2) is 48.7 Å². The van der Waals surface area contributed by atoms with Gasteiger partial charge in [-0.1, -0.05) is 30.3 Å². The highest BCUT2D eigenvalue weighted by molar-refractivity contribution is 5.90. The van der Waals surface area contributed by atoms with E-state index in [0.717, 1.165) is 47.5 Å². The summed E-state index contributed by atoms with van der Waals surface area (Å²) in [6, 6.07) is 14.2. The van der Waals surface area contributed by atoms with Crippen molar-refractivity contribution in [1.82, 2.24) is 29.0 Å². The molecule has 8 heteroatoms. The highest BCUT2D eigenvalue weighted by Gasteiger charge is 2.26. The number of pyridine rings is 1. The second-order valence-electron chi connectivity index (χ2n) is 8.60. The number of fused-ring (bicyclic) bond motifs is 1. The van der Waals surface area contributed by atoms with E-state index in [1.165, 1.54) is 4.40 Å². The summed E-state index contributed by atoms with van der Waals surface area (Å²) in [4.78, 5) is 24.8. The van der Waals surface area contributed by atoms with Gasteiger partial charge >= 0.3 is 5.69 Å². The molecule has 1 saturated heterocycles. The number of rotatable bonds is 4. The maximum absolute atomic E-state index is 13.3. The van der Waals surface area contributed by atoms with E-state index in [2.05, 4.69) is 21.9 Å². The third-order valence-electron chi connectivity index (χ3n) is 6.23. The van der Waals surface area contributed by atoms with Gasteiger partial charge in [0.1, 0.15) is 0 Å². The van der Waals surface area contributed by atoms with Crippen molar-refractivity contribution in [3.8, 4) is 22.4 Å². The fraction of sp³-hybridized carbons (Fsp3) is 0.333. The highest BCUT2D eigenvalue weighted by Crippen LogP contribution is 2.34. The van der Waals surface area contributed by atoms with Crippen LogP contribution in [0.3, 0.4) is 0 Å². The molecule has 1 aromatic carbocycles. The van der Waals surface area contributed by atoms with E-state index in [9.17, 15) is 4.79 Å². The van der Waals surface area contributed by atoms with E-state index in [-0.39, 0.29) is 17.7 Å². The van der Waals surface area contributed by atoms with Crippen molar-refractivity contribution in [3.05, 3.63) is 64.3 Å². The van der Waals surface area contributed by atoms with E-state index < -0.39 is 0 Å².